The minimum atomic E-state index is -3.29. The van der Waals surface area contributed by atoms with Crippen LogP contribution < -0.4 is 4.72 Å². The second-order valence-corrected chi connectivity index (χ2v) is 9.01. The molecule has 1 N–H and O–H groups in total. The van der Waals surface area contributed by atoms with Crippen LogP contribution in [0, 0.1) is 11.8 Å². The molecule has 2 rings (SSSR count). The molecule has 2 atom stereocenters. The van der Waals surface area contributed by atoms with Crippen LogP contribution in [0.1, 0.15) is 19.4 Å². The highest BCUT2D eigenvalue weighted by atomic mass is 32.2. The van der Waals surface area contributed by atoms with E-state index in [0.717, 1.165) is 11.8 Å². The van der Waals surface area contributed by atoms with Gasteiger partial charge in [-0.25, -0.2) is 13.1 Å². The van der Waals surface area contributed by atoms with Gasteiger partial charge in [0.25, 0.3) is 0 Å². The van der Waals surface area contributed by atoms with Crippen LogP contribution in [-0.4, -0.2) is 68.1 Å². The van der Waals surface area contributed by atoms with Crippen LogP contribution in [0.2, 0.25) is 0 Å². The van der Waals surface area contributed by atoms with Crippen molar-refractivity contribution in [2.45, 2.75) is 26.4 Å². The van der Waals surface area contributed by atoms with E-state index in [-0.39, 0.29) is 17.9 Å². The SMILES string of the molecule is CC(C)C1CN(C(=O)CN(C)Cc2ccncc2)CC1NS(C)(=O)=O. The third-order valence-electron chi connectivity index (χ3n) is 4.55. The first kappa shape index (κ1) is 19.8. The molecule has 1 aromatic rings. The largest absolute Gasteiger partial charge is 0.340 e. The average molecular weight is 369 g/mol. The zero-order chi connectivity index (χ0) is 18.6. The molecular weight excluding hydrogens is 340 g/mol. The average Bonchev–Trinajstić information content (AvgIpc) is 2.90. The second-order valence-electron chi connectivity index (χ2n) is 7.23. The minimum absolute atomic E-state index is 0.0278. The van der Waals surface area contributed by atoms with E-state index in [1.54, 1.807) is 17.3 Å². The lowest BCUT2D eigenvalue weighted by molar-refractivity contribution is -0.131. The van der Waals surface area contributed by atoms with Gasteiger partial charge in [-0.15, -0.1) is 0 Å². The Labute approximate surface area is 150 Å². The summed E-state index contributed by atoms with van der Waals surface area (Å²) < 4.78 is 25.9. The lowest BCUT2D eigenvalue weighted by atomic mass is 9.92. The maximum absolute atomic E-state index is 12.6. The Bertz CT molecular complexity index is 678. The van der Waals surface area contributed by atoms with Crippen molar-refractivity contribution in [2.75, 3.05) is 32.9 Å². The number of carbonyl (C=O) groups is 1. The number of sulfonamides is 1. The molecule has 1 fully saturated rings. The maximum atomic E-state index is 12.6. The number of aromatic nitrogens is 1. The summed E-state index contributed by atoms with van der Waals surface area (Å²) in [5.74, 6) is 0.454. The van der Waals surface area contributed by atoms with Crippen molar-refractivity contribution < 1.29 is 13.2 Å². The molecule has 1 saturated heterocycles. The van der Waals surface area contributed by atoms with E-state index in [4.69, 9.17) is 0 Å². The van der Waals surface area contributed by atoms with Gasteiger partial charge in [0.2, 0.25) is 15.9 Å². The van der Waals surface area contributed by atoms with Crippen molar-refractivity contribution in [1.29, 1.82) is 0 Å². The summed E-state index contributed by atoms with van der Waals surface area (Å²) in [4.78, 5) is 20.3. The molecule has 25 heavy (non-hydrogen) atoms. The van der Waals surface area contributed by atoms with Gasteiger partial charge in [0.1, 0.15) is 0 Å². The maximum Gasteiger partial charge on any atom is 0.236 e. The summed E-state index contributed by atoms with van der Waals surface area (Å²) in [7, 11) is -1.39. The van der Waals surface area contributed by atoms with Gasteiger partial charge in [0.05, 0.1) is 12.8 Å². The van der Waals surface area contributed by atoms with E-state index < -0.39 is 10.0 Å². The fourth-order valence-electron chi connectivity index (χ4n) is 3.29. The number of amides is 1. The molecule has 0 bridgehead atoms. The van der Waals surface area contributed by atoms with Crippen molar-refractivity contribution in [1.82, 2.24) is 19.5 Å². The Kier molecular flexibility index (Phi) is 6.53. The standard InChI is InChI=1S/C17H28N4O3S/c1-13(2)15-10-21(11-16(15)19-25(4,23)24)17(22)12-20(3)9-14-5-7-18-8-6-14/h5-8,13,15-16,19H,9-12H2,1-4H3. The fourth-order valence-corrected chi connectivity index (χ4v) is 4.09. The first-order valence-corrected chi connectivity index (χ1v) is 10.4. The van der Waals surface area contributed by atoms with E-state index in [1.165, 1.54) is 0 Å². The van der Waals surface area contributed by atoms with Crippen LogP contribution in [0.15, 0.2) is 24.5 Å². The number of hydrogen-bond donors (Lipinski definition) is 1. The summed E-state index contributed by atoms with van der Waals surface area (Å²) in [6, 6.07) is 3.64. The van der Waals surface area contributed by atoms with Crippen LogP contribution in [0.5, 0.6) is 0 Å². The lowest BCUT2D eigenvalue weighted by Crippen LogP contribution is -2.42. The van der Waals surface area contributed by atoms with E-state index >= 15 is 0 Å². The zero-order valence-corrected chi connectivity index (χ0v) is 16.2. The number of carbonyl (C=O) groups excluding carboxylic acids is 1. The monoisotopic (exact) mass is 368 g/mol. The van der Waals surface area contributed by atoms with Gasteiger partial charge in [-0.2, -0.15) is 0 Å². The molecular formula is C17H28N4O3S. The van der Waals surface area contributed by atoms with Gasteiger partial charge in [-0.1, -0.05) is 13.8 Å². The molecule has 7 nitrogen and oxygen atoms in total. The fraction of sp³-hybridized carbons (Fsp3) is 0.647. The van der Waals surface area contributed by atoms with Crippen molar-refractivity contribution in [3.63, 3.8) is 0 Å². The van der Waals surface area contributed by atoms with Crippen molar-refractivity contribution in [3.05, 3.63) is 30.1 Å². The molecule has 0 aliphatic carbocycles. The smallest absolute Gasteiger partial charge is 0.236 e. The van der Waals surface area contributed by atoms with Gasteiger partial charge in [-0.3, -0.25) is 14.7 Å². The van der Waals surface area contributed by atoms with E-state index in [9.17, 15) is 13.2 Å². The Balaban J connectivity index is 1.95. The first-order chi connectivity index (χ1) is 11.7. The number of likely N-dealkylation sites (tertiary alicyclic amines) is 1. The molecule has 0 radical (unpaired) electrons. The molecule has 0 aromatic carbocycles. The third kappa shape index (κ3) is 6.05. The van der Waals surface area contributed by atoms with Gasteiger partial charge >= 0.3 is 0 Å². The predicted octanol–water partition coefficient (Wildman–Crippen LogP) is 0.546. The first-order valence-electron chi connectivity index (χ1n) is 8.48. The highest BCUT2D eigenvalue weighted by Crippen LogP contribution is 2.25. The molecule has 2 heterocycles. The molecule has 0 saturated carbocycles. The van der Waals surface area contributed by atoms with Crippen LogP contribution in [0.4, 0.5) is 0 Å². The molecule has 1 aliphatic rings. The molecule has 0 spiro atoms. The Morgan fingerprint density at radius 3 is 2.56 bits per heavy atom. The molecule has 1 amide bonds. The lowest BCUT2D eigenvalue weighted by Gasteiger charge is -2.22. The molecule has 2 unspecified atom stereocenters. The number of rotatable bonds is 7. The summed E-state index contributed by atoms with van der Waals surface area (Å²) in [6.45, 7) is 6.11. The summed E-state index contributed by atoms with van der Waals surface area (Å²) in [5, 5.41) is 0. The summed E-state index contributed by atoms with van der Waals surface area (Å²) in [6.07, 6.45) is 4.64. The number of hydrogen-bond acceptors (Lipinski definition) is 5. The molecule has 1 aromatic heterocycles. The van der Waals surface area contributed by atoms with Crippen molar-refractivity contribution >= 4 is 15.9 Å². The Morgan fingerprint density at radius 1 is 1.36 bits per heavy atom. The third-order valence-corrected chi connectivity index (χ3v) is 5.28. The predicted molar refractivity (Wildman–Crippen MR) is 97.2 cm³/mol. The van der Waals surface area contributed by atoms with Crippen molar-refractivity contribution in [3.8, 4) is 0 Å². The van der Waals surface area contributed by atoms with Crippen LogP contribution in [0.25, 0.3) is 0 Å². The highest BCUT2D eigenvalue weighted by molar-refractivity contribution is 7.88. The van der Waals surface area contributed by atoms with E-state index in [1.807, 2.05) is 24.1 Å². The van der Waals surface area contributed by atoms with Gasteiger partial charge in [0, 0.05) is 38.1 Å². The Morgan fingerprint density at radius 2 is 2.00 bits per heavy atom. The normalized spacial score (nSPS) is 21.3. The number of nitrogens with zero attached hydrogens (tertiary/aromatic N) is 3. The van der Waals surface area contributed by atoms with E-state index in [0.29, 0.717) is 32.1 Å². The van der Waals surface area contributed by atoms with Gasteiger partial charge in [0.15, 0.2) is 0 Å². The number of pyridine rings is 1. The Hall–Kier alpha value is -1.51. The van der Waals surface area contributed by atoms with Gasteiger partial charge < -0.3 is 4.90 Å². The van der Waals surface area contributed by atoms with E-state index in [2.05, 4.69) is 23.6 Å². The minimum Gasteiger partial charge on any atom is -0.340 e. The second kappa shape index (κ2) is 8.25. The quantitative estimate of drug-likeness (QED) is 0.760. The summed E-state index contributed by atoms with van der Waals surface area (Å²) >= 11 is 0. The zero-order valence-electron chi connectivity index (χ0n) is 15.3. The topological polar surface area (TPSA) is 82.6 Å². The van der Waals surface area contributed by atoms with Crippen LogP contribution in [0.3, 0.4) is 0 Å². The molecule has 8 heteroatoms. The molecule has 1 aliphatic heterocycles. The molecule has 140 valence electrons. The van der Waals surface area contributed by atoms with Crippen molar-refractivity contribution in [2.24, 2.45) is 11.8 Å². The summed E-state index contributed by atoms with van der Waals surface area (Å²) in [5.41, 5.74) is 1.10. The highest BCUT2D eigenvalue weighted by Gasteiger charge is 2.38. The number of likely N-dealkylation sites (N-methyl/N-ethyl adjacent to an activating group) is 1. The van der Waals surface area contributed by atoms with Gasteiger partial charge in [-0.05, 0) is 36.6 Å². The number of nitrogens with one attached hydrogen (secondary N) is 1. The van der Waals surface area contributed by atoms with Crippen LogP contribution >= 0.6 is 0 Å². The van der Waals surface area contributed by atoms with Crippen LogP contribution in [-0.2, 0) is 21.4 Å².